The SMILES string of the molecule is Cc1cccc(C)c1N(c1cccc(C(C)C)c1)c1ccc2cc3c(cc2c1)-c1cc2ccc(N(c4cccc(C(C)C)c4)c4c(C)cccc4C)cc2cc1-3. The molecule has 56 heavy (non-hydrogen) atoms. The molecule has 0 N–H and O–H groups in total. The first-order valence-electron chi connectivity index (χ1n) is 20.1. The Hall–Kier alpha value is -6.12. The van der Waals surface area contributed by atoms with Crippen molar-refractivity contribution in [1.29, 1.82) is 0 Å². The topological polar surface area (TPSA) is 6.48 Å². The van der Waals surface area contributed by atoms with Gasteiger partial charge in [0.15, 0.2) is 0 Å². The van der Waals surface area contributed by atoms with Gasteiger partial charge in [0.05, 0.1) is 11.4 Å². The molecule has 2 nitrogen and oxygen atoms in total. The highest BCUT2D eigenvalue weighted by Crippen LogP contribution is 2.52. The van der Waals surface area contributed by atoms with Crippen LogP contribution in [0.25, 0.3) is 43.8 Å². The first-order valence-corrected chi connectivity index (χ1v) is 20.1. The van der Waals surface area contributed by atoms with Gasteiger partial charge in [-0.25, -0.2) is 0 Å². The number of hydrogen-bond acceptors (Lipinski definition) is 2. The van der Waals surface area contributed by atoms with Crippen molar-refractivity contribution < 1.29 is 0 Å². The lowest BCUT2D eigenvalue weighted by Crippen LogP contribution is -2.13. The van der Waals surface area contributed by atoms with Gasteiger partial charge in [-0.15, -0.1) is 0 Å². The van der Waals surface area contributed by atoms with E-state index < -0.39 is 0 Å². The zero-order valence-electron chi connectivity index (χ0n) is 33.9. The van der Waals surface area contributed by atoms with Gasteiger partial charge in [0.25, 0.3) is 0 Å². The highest BCUT2D eigenvalue weighted by molar-refractivity contribution is 6.12. The Morgan fingerprint density at radius 1 is 0.321 bits per heavy atom. The average molecular weight is 727 g/mol. The van der Waals surface area contributed by atoms with Crippen molar-refractivity contribution in [3.8, 4) is 22.3 Å². The number of aryl methyl sites for hydroxylation is 4. The second kappa shape index (κ2) is 13.9. The van der Waals surface area contributed by atoms with E-state index in [4.69, 9.17) is 0 Å². The Morgan fingerprint density at radius 2 is 0.643 bits per heavy atom. The predicted molar refractivity (Wildman–Crippen MR) is 242 cm³/mol. The summed E-state index contributed by atoms with van der Waals surface area (Å²) in [7, 11) is 0. The molecule has 8 aromatic carbocycles. The molecule has 0 fully saturated rings. The molecule has 0 bridgehead atoms. The Labute approximate surface area is 332 Å². The molecule has 0 amide bonds. The first-order chi connectivity index (χ1) is 27.0. The zero-order valence-corrected chi connectivity index (χ0v) is 33.9. The summed E-state index contributed by atoms with van der Waals surface area (Å²) in [5.41, 5.74) is 20.3. The molecule has 9 rings (SSSR count). The van der Waals surface area contributed by atoms with Crippen LogP contribution in [0.2, 0.25) is 0 Å². The molecule has 2 heteroatoms. The van der Waals surface area contributed by atoms with E-state index in [0.717, 1.165) is 0 Å². The molecule has 0 heterocycles. The van der Waals surface area contributed by atoms with Gasteiger partial charge in [-0.2, -0.15) is 0 Å². The van der Waals surface area contributed by atoms with E-state index in [2.05, 4.69) is 211 Å². The number of benzene rings is 8. The standard InChI is InChI=1S/C54H50N2/c1-33(2)39-17-11-19-45(25-39)55(53-35(5)13-9-14-36(53)6)47-23-21-41-29-49-51(31-43(41)27-47)50-30-42-22-24-48(28-44(42)32-52(49)50)56(54-37(7)15-10-16-38(54)8)46-20-12-18-40(26-46)34(3)4/h9-34H,1-8H3. The third kappa shape index (κ3) is 6.05. The summed E-state index contributed by atoms with van der Waals surface area (Å²) in [6, 6.07) is 54.9. The van der Waals surface area contributed by atoms with Crippen molar-refractivity contribution in [2.45, 2.75) is 67.2 Å². The van der Waals surface area contributed by atoms with Gasteiger partial charge in [0.1, 0.15) is 0 Å². The number of rotatable bonds is 8. The number of fused-ring (bicyclic) bond motifs is 6. The molecule has 0 spiro atoms. The van der Waals surface area contributed by atoms with Gasteiger partial charge in [-0.3, -0.25) is 0 Å². The molecule has 0 saturated carbocycles. The summed E-state index contributed by atoms with van der Waals surface area (Å²) in [5.74, 6) is 0.900. The van der Waals surface area contributed by atoms with E-state index in [-0.39, 0.29) is 0 Å². The predicted octanol–water partition coefficient (Wildman–Crippen LogP) is 16.1. The van der Waals surface area contributed by atoms with Gasteiger partial charge in [-0.1, -0.05) is 100 Å². The maximum atomic E-state index is 2.45. The molecule has 0 aromatic heterocycles. The van der Waals surface area contributed by atoms with Crippen molar-refractivity contribution in [1.82, 2.24) is 0 Å². The molecule has 0 saturated heterocycles. The Kier molecular flexibility index (Phi) is 8.81. The van der Waals surface area contributed by atoms with Crippen molar-refractivity contribution in [3.05, 3.63) is 179 Å². The quantitative estimate of drug-likeness (QED) is 0.154. The second-order valence-corrected chi connectivity index (χ2v) is 16.5. The van der Waals surface area contributed by atoms with Crippen LogP contribution < -0.4 is 9.80 Å². The zero-order chi connectivity index (χ0) is 38.8. The smallest absolute Gasteiger partial charge is 0.0519 e. The van der Waals surface area contributed by atoms with E-state index in [1.807, 2.05) is 0 Å². The molecule has 1 aliphatic rings. The molecule has 8 aromatic rings. The molecular weight excluding hydrogens is 677 g/mol. The van der Waals surface area contributed by atoms with Crippen molar-refractivity contribution in [2.24, 2.45) is 0 Å². The van der Waals surface area contributed by atoms with Crippen LogP contribution in [0.15, 0.2) is 146 Å². The molecular formula is C54H50N2. The monoisotopic (exact) mass is 726 g/mol. The Morgan fingerprint density at radius 3 is 1.00 bits per heavy atom. The van der Waals surface area contributed by atoms with Crippen molar-refractivity contribution in [2.75, 3.05) is 9.80 Å². The molecule has 0 atom stereocenters. The first kappa shape index (κ1) is 35.6. The minimum Gasteiger partial charge on any atom is -0.310 e. The summed E-state index contributed by atoms with van der Waals surface area (Å²) >= 11 is 0. The minimum absolute atomic E-state index is 0.450. The van der Waals surface area contributed by atoms with Crippen LogP contribution in [0.4, 0.5) is 34.1 Å². The van der Waals surface area contributed by atoms with E-state index in [1.54, 1.807) is 0 Å². The number of hydrogen-bond donors (Lipinski definition) is 0. The van der Waals surface area contributed by atoms with Crippen LogP contribution in [0.5, 0.6) is 0 Å². The van der Waals surface area contributed by atoms with Gasteiger partial charge in [0.2, 0.25) is 0 Å². The normalized spacial score (nSPS) is 11.9. The van der Waals surface area contributed by atoms with Crippen LogP contribution in [0.3, 0.4) is 0 Å². The summed E-state index contributed by atoms with van der Waals surface area (Å²) in [6.07, 6.45) is 0. The van der Waals surface area contributed by atoms with Crippen LogP contribution in [0, 0.1) is 27.7 Å². The van der Waals surface area contributed by atoms with Crippen LogP contribution in [0.1, 0.15) is 72.9 Å². The highest BCUT2D eigenvalue weighted by Gasteiger charge is 2.26. The number of para-hydroxylation sites is 2. The second-order valence-electron chi connectivity index (χ2n) is 16.5. The molecule has 0 unspecified atom stereocenters. The summed E-state index contributed by atoms with van der Waals surface area (Å²) in [5, 5.41) is 5.03. The van der Waals surface area contributed by atoms with E-state index in [0.29, 0.717) is 11.8 Å². The molecule has 0 aliphatic heterocycles. The summed E-state index contributed by atoms with van der Waals surface area (Å²) < 4.78 is 0. The van der Waals surface area contributed by atoms with Crippen LogP contribution in [-0.2, 0) is 0 Å². The maximum absolute atomic E-state index is 2.45. The minimum atomic E-state index is 0.450. The van der Waals surface area contributed by atoms with E-state index in [9.17, 15) is 0 Å². The largest absolute Gasteiger partial charge is 0.310 e. The number of anilines is 6. The highest BCUT2D eigenvalue weighted by atomic mass is 15.2. The van der Waals surface area contributed by atoms with Gasteiger partial charge >= 0.3 is 0 Å². The fraction of sp³-hybridized carbons (Fsp3) is 0.185. The lowest BCUT2D eigenvalue weighted by molar-refractivity contribution is 0.866. The lowest BCUT2D eigenvalue weighted by Gasteiger charge is -2.31. The molecule has 0 radical (unpaired) electrons. The fourth-order valence-corrected chi connectivity index (χ4v) is 8.85. The summed E-state index contributed by atoms with van der Waals surface area (Å²) in [4.78, 5) is 4.91. The average Bonchev–Trinajstić information content (AvgIpc) is 3.19. The maximum Gasteiger partial charge on any atom is 0.0519 e. The van der Waals surface area contributed by atoms with Crippen LogP contribution in [-0.4, -0.2) is 0 Å². The third-order valence-corrected chi connectivity index (χ3v) is 11.9. The van der Waals surface area contributed by atoms with Gasteiger partial charge in [0, 0.05) is 22.7 Å². The molecule has 1 aliphatic carbocycles. The fourth-order valence-electron chi connectivity index (χ4n) is 8.85. The summed E-state index contributed by atoms with van der Waals surface area (Å²) in [6.45, 7) is 18.0. The van der Waals surface area contributed by atoms with E-state index in [1.165, 1.54) is 111 Å². The van der Waals surface area contributed by atoms with Crippen molar-refractivity contribution >= 4 is 55.7 Å². The molecule has 276 valence electrons. The Bertz CT molecular complexity index is 2570. The van der Waals surface area contributed by atoms with E-state index >= 15 is 0 Å². The van der Waals surface area contributed by atoms with Crippen molar-refractivity contribution in [3.63, 3.8) is 0 Å². The van der Waals surface area contributed by atoms with Gasteiger partial charge < -0.3 is 9.80 Å². The third-order valence-electron chi connectivity index (χ3n) is 11.9. The number of nitrogens with zero attached hydrogens (tertiary/aromatic N) is 2. The van der Waals surface area contributed by atoms with Crippen LogP contribution >= 0.6 is 0 Å². The lowest BCUT2D eigenvalue weighted by atomic mass is 9.78. The Balaban J connectivity index is 1.13. The van der Waals surface area contributed by atoms with Gasteiger partial charge in [-0.05, 0) is 190 Å².